The van der Waals surface area contributed by atoms with Crippen molar-refractivity contribution in [2.45, 2.75) is 66.5 Å². The average molecular weight is 534 g/mol. The third kappa shape index (κ3) is 7.81. The number of carboxylic acids is 1. The molecular weight excluding hydrogens is 499 g/mol. The van der Waals surface area contributed by atoms with Gasteiger partial charge in [0.1, 0.15) is 17.3 Å². The maximum Gasteiger partial charge on any atom is 0.573 e. The Morgan fingerprint density at radius 3 is 2.42 bits per heavy atom. The number of aromatic nitrogens is 1. The van der Waals surface area contributed by atoms with Crippen LogP contribution in [0.25, 0.3) is 10.9 Å². The number of alkyl halides is 3. The molecule has 0 fully saturated rings. The highest BCUT2D eigenvalue weighted by Crippen LogP contribution is 2.37. The van der Waals surface area contributed by atoms with Crippen LogP contribution in [0.15, 0.2) is 66.5 Å². The zero-order valence-electron chi connectivity index (χ0n) is 22.2. The van der Waals surface area contributed by atoms with Crippen LogP contribution in [0.3, 0.4) is 0 Å². The zero-order chi connectivity index (χ0) is 28.5. The number of aliphatic carboxylic acids is 1. The summed E-state index contributed by atoms with van der Waals surface area (Å²) in [5, 5.41) is 19.3. The molecule has 0 radical (unpaired) electrons. The van der Waals surface area contributed by atoms with Crippen molar-refractivity contribution >= 4 is 16.9 Å². The Bertz CT molecular complexity index is 1290. The summed E-state index contributed by atoms with van der Waals surface area (Å²) in [4.78, 5) is 11.3. The number of aliphatic hydroxyl groups is 1. The second-order valence-corrected chi connectivity index (χ2v) is 8.17. The van der Waals surface area contributed by atoms with Crippen LogP contribution >= 0.6 is 0 Å². The van der Waals surface area contributed by atoms with Gasteiger partial charge >= 0.3 is 12.3 Å². The quantitative estimate of drug-likeness (QED) is 0.206. The maximum absolute atomic E-state index is 13.2. The van der Waals surface area contributed by atoms with Crippen LogP contribution in [0.1, 0.15) is 50.9 Å². The van der Waals surface area contributed by atoms with Crippen molar-refractivity contribution in [1.82, 2.24) is 4.57 Å². The average Bonchev–Trinajstić information content (AvgIpc) is 3.14. The third-order valence-corrected chi connectivity index (χ3v) is 5.73. The Morgan fingerprint density at radius 2 is 1.82 bits per heavy atom. The third-order valence-electron chi connectivity index (χ3n) is 5.73. The number of carboxylic acid groups (broad SMARTS) is 1. The summed E-state index contributed by atoms with van der Waals surface area (Å²) in [5.41, 5.74) is 2.70. The van der Waals surface area contributed by atoms with Gasteiger partial charge in [0, 0.05) is 17.6 Å². The van der Waals surface area contributed by atoms with E-state index in [1.165, 1.54) is 24.3 Å². The van der Waals surface area contributed by atoms with Gasteiger partial charge in [0.05, 0.1) is 5.52 Å². The molecule has 1 heterocycles. The van der Waals surface area contributed by atoms with Gasteiger partial charge in [-0.1, -0.05) is 45.0 Å². The summed E-state index contributed by atoms with van der Waals surface area (Å²) in [6, 6.07) is 11.5. The van der Waals surface area contributed by atoms with Gasteiger partial charge in [-0.05, 0) is 74.2 Å². The van der Waals surface area contributed by atoms with E-state index in [1.54, 1.807) is 44.2 Å². The SMILES string of the molecule is C/C=C(O)\C=C/Cc1c(C)n(Cc2cccc(OC(CC)C(=O)O)c2)c2cccc(OC(F)(F)F)c12.CC. The summed E-state index contributed by atoms with van der Waals surface area (Å²) >= 11 is 0. The van der Waals surface area contributed by atoms with Crippen LogP contribution < -0.4 is 9.47 Å². The van der Waals surface area contributed by atoms with Crippen molar-refractivity contribution in [3.8, 4) is 11.5 Å². The number of allylic oxidation sites excluding steroid dienone is 3. The lowest BCUT2D eigenvalue weighted by Crippen LogP contribution is -2.25. The fourth-order valence-electron chi connectivity index (χ4n) is 4.00. The minimum atomic E-state index is -4.85. The molecule has 0 saturated carbocycles. The van der Waals surface area contributed by atoms with Crippen LogP contribution in [-0.2, 0) is 17.8 Å². The number of nitrogens with zero attached hydrogens (tertiary/aromatic N) is 1. The Labute approximate surface area is 220 Å². The van der Waals surface area contributed by atoms with Crippen LogP contribution in [0, 0.1) is 6.92 Å². The lowest BCUT2D eigenvalue weighted by Gasteiger charge is -2.15. The molecule has 3 rings (SSSR count). The Morgan fingerprint density at radius 1 is 1.13 bits per heavy atom. The number of aliphatic hydroxyl groups excluding tert-OH is 1. The molecule has 0 aliphatic carbocycles. The Hall–Kier alpha value is -3.88. The molecule has 1 atom stereocenters. The van der Waals surface area contributed by atoms with Gasteiger partial charge in [0.25, 0.3) is 0 Å². The molecule has 0 bridgehead atoms. The van der Waals surface area contributed by atoms with Gasteiger partial charge in [-0.25, -0.2) is 4.79 Å². The normalized spacial score (nSPS) is 12.8. The van der Waals surface area contributed by atoms with Gasteiger partial charge in [-0.3, -0.25) is 0 Å². The van der Waals surface area contributed by atoms with Crippen LogP contribution in [-0.4, -0.2) is 33.2 Å². The first-order valence-electron chi connectivity index (χ1n) is 12.4. The van der Waals surface area contributed by atoms with E-state index in [0.717, 1.165) is 11.3 Å². The van der Waals surface area contributed by atoms with Gasteiger partial charge in [-0.2, -0.15) is 0 Å². The zero-order valence-corrected chi connectivity index (χ0v) is 22.2. The van der Waals surface area contributed by atoms with E-state index in [0.29, 0.717) is 35.2 Å². The highest BCUT2D eigenvalue weighted by molar-refractivity contribution is 5.91. The predicted molar refractivity (Wildman–Crippen MR) is 142 cm³/mol. The molecule has 206 valence electrons. The first-order valence-corrected chi connectivity index (χ1v) is 12.4. The molecular formula is C29H34F3NO5. The van der Waals surface area contributed by atoms with Gasteiger partial charge in [0.2, 0.25) is 0 Å². The largest absolute Gasteiger partial charge is 0.573 e. The molecule has 1 aromatic heterocycles. The minimum Gasteiger partial charge on any atom is -0.508 e. The second kappa shape index (κ2) is 13.6. The highest BCUT2D eigenvalue weighted by Gasteiger charge is 2.33. The molecule has 0 saturated heterocycles. The summed E-state index contributed by atoms with van der Waals surface area (Å²) in [6.07, 6.45) is -0.600. The molecule has 3 aromatic rings. The molecule has 38 heavy (non-hydrogen) atoms. The minimum absolute atomic E-state index is 0.0479. The summed E-state index contributed by atoms with van der Waals surface area (Å²) in [7, 11) is 0. The molecule has 0 aliphatic heterocycles. The molecule has 9 heteroatoms. The fraction of sp³-hybridized carbons (Fsp3) is 0.345. The topological polar surface area (TPSA) is 80.9 Å². The van der Waals surface area contributed by atoms with E-state index >= 15 is 0 Å². The second-order valence-electron chi connectivity index (χ2n) is 8.17. The predicted octanol–water partition coefficient (Wildman–Crippen LogP) is 7.73. The Balaban J connectivity index is 0.00000247. The molecule has 2 N–H and O–H groups in total. The first kappa shape index (κ1) is 30.3. The van der Waals surface area contributed by atoms with Gasteiger partial charge in [-0.15, -0.1) is 13.2 Å². The van der Waals surface area contributed by atoms with E-state index in [9.17, 15) is 28.2 Å². The fourth-order valence-corrected chi connectivity index (χ4v) is 4.00. The summed E-state index contributed by atoms with van der Waals surface area (Å²) in [6.45, 7) is 9.50. The summed E-state index contributed by atoms with van der Waals surface area (Å²) < 4.78 is 51.3. The van der Waals surface area contributed by atoms with E-state index in [4.69, 9.17) is 4.74 Å². The smallest absolute Gasteiger partial charge is 0.508 e. The highest BCUT2D eigenvalue weighted by atomic mass is 19.4. The van der Waals surface area contributed by atoms with E-state index < -0.39 is 18.4 Å². The van der Waals surface area contributed by atoms with Crippen LogP contribution in [0.5, 0.6) is 11.5 Å². The molecule has 0 amide bonds. The molecule has 2 aromatic carbocycles. The van der Waals surface area contributed by atoms with Gasteiger partial charge < -0.3 is 24.3 Å². The van der Waals surface area contributed by atoms with E-state index in [-0.39, 0.29) is 17.9 Å². The van der Waals surface area contributed by atoms with Crippen molar-refractivity contribution in [3.63, 3.8) is 0 Å². The molecule has 6 nitrogen and oxygen atoms in total. The molecule has 0 spiro atoms. The number of ether oxygens (including phenoxy) is 2. The van der Waals surface area contributed by atoms with Crippen molar-refractivity contribution in [3.05, 3.63) is 83.3 Å². The molecule has 1 unspecified atom stereocenters. The number of rotatable bonds is 10. The number of fused-ring (bicyclic) bond motifs is 1. The van der Waals surface area contributed by atoms with Crippen LogP contribution in [0.2, 0.25) is 0 Å². The molecule has 0 aliphatic rings. The van der Waals surface area contributed by atoms with Crippen molar-refractivity contribution in [2.75, 3.05) is 0 Å². The number of carbonyl (C=O) groups is 1. The Kier molecular flexibility index (Phi) is 10.9. The maximum atomic E-state index is 13.2. The van der Waals surface area contributed by atoms with Crippen molar-refractivity contribution < 1.29 is 37.7 Å². The number of hydrogen-bond acceptors (Lipinski definition) is 4. The number of benzene rings is 2. The first-order chi connectivity index (χ1) is 18.0. The number of halogens is 3. The van der Waals surface area contributed by atoms with Crippen LogP contribution in [0.4, 0.5) is 13.2 Å². The van der Waals surface area contributed by atoms with E-state index in [1.807, 2.05) is 31.4 Å². The lowest BCUT2D eigenvalue weighted by molar-refractivity contribution is -0.274. The lowest BCUT2D eigenvalue weighted by atomic mass is 10.1. The van der Waals surface area contributed by atoms with E-state index in [2.05, 4.69) is 4.74 Å². The monoisotopic (exact) mass is 533 g/mol. The van der Waals surface area contributed by atoms with Gasteiger partial charge in [0.15, 0.2) is 6.10 Å². The summed E-state index contributed by atoms with van der Waals surface area (Å²) in [5.74, 6) is -0.924. The number of hydrogen-bond donors (Lipinski definition) is 2. The van der Waals surface area contributed by atoms with Crippen molar-refractivity contribution in [2.24, 2.45) is 0 Å². The standard InChI is InChI=1S/C27H28F3NO5.C2H6/c1-4-19(32)10-7-12-21-17(3)31(22-13-8-14-24(25(21)22)36-27(28,29)30)16-18-9-6-11-20(15-18)35-23(5-2)26(33)34;1-2/h4,6-11,13-15,23,32H,5,12,16H2,1-3H3,(H,33,34);1-2H3/b10-7-,19-4+;. The van der Waals surface area contributed by atoms with Crippen molar-refractivity contribution in [1.29, 1.82) is 0 Å².